The van der Waals surface area contributed by atoms with Crippen molar-refractivity contribution in [2.75, 3.05) is 0 Å². The summed E-state index contributed by atoms with van der Waals surface area (Å²) in [6.07, 6.45) is 9.09. The zero-order valence-corrected chi connectivity index (χ0v) is 13.4. The van der Waals surface area contributed by atoms with Crippen LogP contribution >= 0.6 is 0 Å². The predicted octanol–water partition coefficient (Wildman–Crippen LogP) is 4.53. The van der Waals surface area contributed by atoms with Crippen LogP contribution in [0.15, 0.2) is 23.1 Å². The smallest absolute Gasteiger partial charge is 0.282 e. The van der Waals surface area contributed by atoms with E-state index >= 15 is 0 Å². The highest BCUT2D eigenvalue weighted by molar-refractivity contribution is 7.85. The van der Waals surface area contributed by atoms with Crippen LogP contribution in [0.25, 0.3) is 0 Å². The second-order valence-corrected chi connectivity index (χ2v) is 6.85. The SMILES string of the molecule is CCCCCCCCCc1cc(C)ccc1S(=O)(=O)O. The molecule has 0 aliphatic rings. The van der Waals surface area contributed by atoms with E-state index in [-0.39, 0.29) is 4.90 Å². The van der Waals surface area contributed by atoms with Gasteiger partial charge in [-0.05, 0) is 31.4 Å². The summed E-state index contributed by atoms with van der Waals surface area (Å²) in [5, 5.41) is 0. The Morgan fingerprint density at radius 3 is 2.20 bits per heavy atom. The highest BCUT2D eigenvalue weighted by atomic mass is 32.2. The summed E-state index contributed by atoms with van der Waals surface area (Å²) in [5.74, 6) is 0. The molecule has 0 bridgehead atoms. The second-order valence-electron chi connectivity index (χ2n) is 5.46. The van der Waals surface area contributed by atoms with Crippen LogP contribution in [0, 0.1) is 6.92 Å². The molecule has 0 amide bonds. The lowest BCUT2D eigenvalue weighted by molar-refractivity contribution is 0.481. The first kappa shape index (κ1) is 17.2. The second kappa shape index (κ2) is 8.42. The maximum atomic E-state index is 11.3. The number of hydrogen-bond donors (Lipinski definition) is 1. The van der Waals surface area contributed by atoms with Crippen LogP contribution in [-0.2, 0) is 16.5 Å². The van der Waals surface area contributed by atoms with Crippen molar-refractivity contribution in [3.63, 3.8) is 0 Å². The third-order valence-corrected chi connectivity index (χ3v) is 4.50. The average molecular weight is 298 g/mol. The van der Waals surface area contributed by atoms with E-state index in [0.717, 1.165) is 24.0 Å². The van der Waals surface area contributed by atoms with Crippen molar-refractivity contribution in [3.05, 3.63) is 29.3 Å². The molecule has 114 valence electrons. The van der Waals surface area contributed by atoms with Crippen molar-refractivity contribution in [1.82, 2.24) is 0 Å². The van der Waals surface area contributed by atoms with Gasteiger partial charge in [-0.3, -0.25) is 4.55 Å². The Hall–Kier alpha value is -0.870. The summed E-state index contributed by atoms with van der Waals surface area (Å²) in [5.41, 5.74) is 1.76. The van der Waals surface area contributed by atoms with Gasteiger partial charge >= 0.3 is 0 Å². The molecule has 1 aromatic rings. The molecule has 0 spiro atoms. The summed E-state index contributed by atoms with van der Waals surface area (Å²) in [6, 6.07) is 5.08. The van der Waals surface area contributed by atoms with E-state index in [1.807, 2.05) is 13.0 Å². The molecule has 1 rings (SSSR count). The highest BCUT2D eigenvalue weighted by Gasteiger charge is 2.14. The molecular weight excluding hydrogens is 272 g/mol. The predicted molar refractivity (Wildman–Crippen MR) is 82.7 cm³/mol. The number of rotatable bonds is 9. The molecular formula is C16H26O3S. The normalized spacial score (nSPS) is 11.8. The number of unbranched alkanes of at least 4 members (excludes halogenated alkanes) is 6. The van der Waals surface area contributed by atoms with Gasteiger partial charge in [-0.2, -0.15) is 8.42 Å². The van der Waals surface area contributed by atoms with Gasteiger partial charge in [0, 0.05) is 0 Å². The van der Waals surface area contributed by atoms with Crippen LogP contribution in [0.5, 0.6) is 0 Å². The molecule has 1 N–H and O–H groups in total. The molecule has 0 aliphatic heterocycles. The number of aryl methyl sites for hydroxylation is 2. The van der Waals surface area contributed by atoms with E-state index < -0.39 is 10.1 Å². The van der Waals surface area contributed by atoms with Crippen LogP contribution in [0.3, 0.4) is 0 Å². The van der Waals surface area contributed by atoms with E-state index in [2.05, 4.69) is 6.92 Å². The van der Waals surface area contributed by atoms with Crippen LogP contribution in [0.4, 0.5) is 0 Å². The lowest BCUT2D eigenvalue weighted by Crippen LogP contribution is -2.03. The summed E-state index contributed by atoms with van der Waals surface area (Å²) >= 11 is 0. The van der Waals surface area contributed by atoms with E-state index in [1.54, 1.807) is 6.07 Å². The Labute approximate surface area is 123 Å². The van der Waals surface area contributed by atoms with Crippen molar-refractivity contribution < 1.29 is 13.0 Å². The van der Waals surface area contributed by atoms with Gasteiger partial charge < -0.3 is 0 Å². The van der Waals surface area contributed by atoms with Crippen LogP contribution < -0.4 is 0 Å². The topological polar surface area (TPSA) is 54.4 Å². The quantitative estimate of drug-likeness (QED) is 0.538. The van der Waals surface area contributed by atoms with Gasteiger partial charge in [0.15, 0.2) is 0 Å². The minimum Gasteiger partial charge on any atom is -0.282 e. The fourth-order valence-electron chi connectivity index (χ4n) is 2.43. The molecule has 0 atom stereocenters. The Morgan fingerprint density at radius 1 is 1.00 bits per heavy atom. The Kier molecular flexibility index (Phi) is 7.24. The summed E-state index contributed by atoms with van der Waals surface area (Å²) < 4.78 is 31.9. The molecule has 0 radical (unpaired) electrons. The summed E-state index contributed by atoms with van der Waals surface area (Å²) in [4.78, 5) is 0.0640. The molecule has 0 fully saturated rings. The third kappa shape index (κ3) is 6.06. The molecule has 3 nitrogen and oxygen atoms in total. The fraction of sp³-hybridized carbons (Fsp3) is 0.625. The van der Waals surface area contributed by atoms with Gasteiger partial charge in [-0.25, -0.2) is 0 Å². The van der Waals surface area contributed by atoms with E-state index in [9.17, 15) is 13.0 Å². The Bertz CT molecular complexity index is 506. The van der Waals surface area contributed by atoms with Crippen LogP contribution in [0.1, 0.15) is 63.0 Å². The van der Waals surface area contributed by atoms with Crippen molar-refractivity contribution in [2.24, 2.45) is 0 Å². The molecule has 1 aromatic carbocycles. The zero-order chi connectivity index (χ0) is 15.0. The van der Waals surface area contributed by atoms with Crippen LogP contribution in [0.2, 0.25) is 0 Å². The van der Waals surface area contributed by atoms with Gasteiger partial charge in [-0.15, -0.1) is 0 Å². The molecule has 0 saturated heterocycles. The lowest BCUT2D eigenvalue weighted by atomic mass is 10.0. The van der Waals surface area contributed by atoms with E-state index in [4.69, 9.17) is 0 Å². The maximum Gasteiger partial charge on any atom is 0.294 e. The van der Waals surface area contributed by atoms with Crippen molar-refractivity contribution in [1.29, 1.82) is 0 Å². The standard InChI is InChI=1S/C16H26O3S/c1-3-4-5-6-7-8-9-10-15-13-14(2)11-12-16(15)20(17,18)19/h11-13H,3-10H2,1-2H3,(H,17,18,19). The monoisotopic (exact) mass is 298 g/mol. The first-order valence-corrected chi connectivity index (χ1v) is 8.96. The molecule has 0 aromatic heterocycles. The van der Waals surface area contributed by atoms with Gasteiger partial charge in [0.25, 0.3) is 10.1 Å². The summed E-state index contributed by atoms with van der Waals surface area (Å²) in [7, 11) is -4.10. The van der Waals surface area contributed by atoms with Gasteiger partial charge in [-0.1, -0.05) is 63.1 Å². The lowest BCUT2D eigenvalue weighted by Gasteiger charge is -2.08. The largest absolute Gasteiger partial charge is 0.294 e. The molecule has 0 heterocycles. The van der Waals surface area contributed by atoms with Crippen molar-refractivity contribution in [2.45, 2.75) is 70.1 Å². The van der Waals surface area contributed by atoms with Gasteiger partial charge in [0.2, 0.25) is 0 Å². The first-order chi connectivity index (χ1) is 9.45. The third-order valence-electron chi connectivity index (χ3n) is 3.54. The fourth-order valence-corrected chi connectivity index (χ4v) is 3.16. The molecule has 0 saturated carbocycles. The van der Waals surface area contributed by atoms with E-state index in [0.29, 0.717) is 6.42 Å². The zero-order valence-electron chi connectivity index (χ0n) is 12.6. The van der Waals surface area contributed by atoms with Crippen LogP contribution in [-0.4, -0.2) is 13.0 Å². The van der Waals surface area contributed by atoms with Gasteiger partial charge in [0.1, 0.15) is 0 Å². The van der Waals surface area contributed by atoms with Gasteiger partial charge in [0.05, 0.1) is 4.90 Å². The Morgan fingerprint density at radius 2 is 1.60 bits per heavy atom. The average Bonchev–Trinajstić information content (AvgIpc) is 2.36. The minimum absolute atomic E-state index is 0.0640. The maximum absolute atomic E-state index is 11.3. The minimum atomic E-state index is -4.10. The first-order valence-electron chi connectivity index (χ1n) is 7.52. The molecule has 4 heteroatoms. The van der Waals surface area contributed by atoms with Crippen molar-refractivity contribution in [3.8, 4) is 0 Å². The number of hydrogen-bond acceptors (Lipinski definition) is 2. The summed E-state index contributed by atoms with van der Waals surface area (Å²) in [6.45, 7) is 4.14. The highest BCUT2D eigenvalue weighted by Crippen LogP contribution is 2.20. The molecule has 20 heavy (non-hydrogen) atoms. The van der Waals surface area contributed by atoms with Crippen molar-refractivity contribution >= 4 is 10.1 Å². The Balaban J connectivity index is 2.49. The number of benzene rings is 1. The molecule has 0 unspecified atom stereocenters. The molecule has 0 aliphatic carbocycles. The van der Waals surface area contributed by atoms with E-state index in [1.165, 1.54) is 38.2 Å².